The lowest BCUT2D eigenvalue weighted by Gasteiger charge is -2.11. The van der Waals surface area contributed by atoms with Gasteiger partial charge in [-0.15, -0.1) is 0 Å². The third-order valence-corrected chi connectivity index (χ3v) is 2.73. The molecule has 2 rings (SSSR count). The Labute approximate surface area is 106 Å². The number of nitrogens with one attached hydrogen (secondary N) is 1. The molecule has 0 bridgehead atoms. The third kappa shape index (κ3) is 2.58. The molecule has 4 nitrogen and oxygen atoms in total. The van der Waals surface area contributed by atoms with Gasteiger partial charge >= 0.3 is 0 Å². The van der Waals surface area contributed by atoms with Gasteiger partial charge in [0.1, 0.15) is 23.9 Å². The highest BCUT2D eigenvalue weighted by molar-refractivity contribution is 5.84. The van der Waals surface area contributed by atoms with E-state index < -0.39 is 0 Å². The van der Waals surface area contributed by atoms with E-state index in [1.165, 1.54) is 0 Å². The summed E-state index contributed by atoms with van der Waals surface area (Å²) >= 11 is 0. The average Bonchev–Trinajstić information content (AvgIpc) is 2.40. The maximum Gasteiger partial charge on any atom is 0.145 e. The van der Waals surface area contributed by atoms with E-state index in [0.717, 1.165) is 16.6 Å². The summed E-state index contributed by atoms with van der Waals surface area (Å²) in [6.45, 7) is 2.25. The predicted molar refractivity (Wildman–Crippen MR) is 70.4 cm³/mol. The normalized spacial score (nSPS) is 12.1. The highest BCUT2D eigenvalue weighted by Gasteiger charge is 2.08. The van der Waals surface area contributed by atoms with Crippen LogP contribution in [0.4, 0.5) is 0 Å². The van der Waals surface area contributed by atoms with Gasteiger partial charge in [0.15, 0.2) is 0 Å². The molecule has 0 spiro atoms. The van der Waals surface area contributed by atoms with Gasteiger partial charge in [-0.2, -0.15) is 5.26 Å². The number of rotatable bonds is 4. The lowest BCUT2D eigenvalue weighted by atomic mass is 10.2. The van der Waals surface area contributed by atoms with E-state index in [9.17, 15) is 0 Å². The van der Waals surface area contributed by atoms with Gasteiger partial charge in [-0.05, 0) is 26.1 Å². The zero-order chi connectivity index (χ0) is 13.0. The molecule has 0 saturated carbocycles. The minimum Gasteiger partial charge on any atom is -0.489 e. The molecule has 1 unspecified atom stereocenters. The van der Waals surface area contributed by atoms with Gasteiger partial charge in [0.2, 0.25) is 0 Å². The van der Waals surface area contributed by atoms with Crippen molar-refractivity contribution in [3.63, 3.8) is 0 Å². The molecule has 0 saturated heterocycles. The summed E-state index contributed by atoms with van der Waals surface area (Å²) in [6.07, 6.45) is 0. The van der Waals surface area contributed by atoms with Crippen LogP contribution < -0.4 is 10.1 Å². The van der Waals surface area contributed by atoms with Gasteiger partial charge in [0.05, 0.1) is 6.07 Å². The summed E-state index contributed by atoms with van der Waals surface area (Å²) in [7, 11) is 1.74. The van der Waals surface area contributed by atoms with Crippen molar-refractivity contribution < 1.29 is 4.74 Å². The van der Waals surface area contributed by atoms with E-state index in [4.69, 9.17) is 10.00 Å². The summed E-state index contributed by atoms with van der Waals surface area (Å²) in [5.41, 5.74) is 1.79. The van der Waals surface area contributed by atoms with Gasteiger partial charge in [0.25, 0.3) is 0 Å². The third-order valence-electron chi connectivity index (χ3n) is 2.73. The standard InChI is InChI=1S/C14H15N3O/c1-10-6-7-11-4-3-5-13(14(11)17-10)18-9-12(8-15)16-2/h3-7,12,16H,9H2,1-2H3. The maximum atomic E-state index is 8.85. The summed E-state index contributed by atoms with van der Waals surface area (Å²) in [5, 5.41) is 12.8. The molecule has 1 aromatic heterocycles. The Kier molecular flexibility index (Phi) is 3.75. The van der Waals surface area contributed by atoms with Crippen LogP contribution in [-0.4, -0.2) is 24.7 Å². The molecule has 1 atom stereocenters. The van der Waals surface area contributed by atoms with E-state index in [0.29, 0.717) is 12.4 Å². The smallest absolute Gasteiger partial charge is 0.145 e. The largest absolute Gasteiger partial charge is 0.489 e. The lowest BCUT2D eigenvalue weighted by molar-refractivity contribution is 0.297. The van der Waals surface area contributed by atoms with E-state index in [1.807, 2.05) is 37.3 Å². The van der Waals surface area contributed by atoms with E-state index in [1.54, 1.807) is 7.05 Å². The number of fused-ring (bicyclic) bond motifs is 1. The van der Waals surface area contributed by atoms with Crippen molar-refractivity contribution in [2.75, 3.05) is 13.7 Å². The number of aromatic nitrogens is 1. The Hall–Kier alpha value is -2.12. The molecule has 1 heterocycles. The van der Waals surface area contributed by atoms with Crippen LogP contribution in [0.1, 0.15) is 5.69 Å². The minimum atomic E-state index is -0.315. The number of pyridine rings is 1. The maximum absolute atomic E-state index is 8.85. The first-order valence-corrected chi connectivity index (χ1v) is 5.80. The number of para-hydroxylation sites is 1. The molecular formula is C14H15N3O. The number of benzene rings is 1. The van der Waals surface area contributed by atoms with Crippen molar-refractivity contribution in [3.05, 3.63) is 36.0 Å². The molecule has 0 radical (unpaired) electrons. The monoisotopic (exact) mass is 241 g/mol. The Morgan fingerprint density at radius 2 is 2.22 bits per heavy atom. The fourth-order valence-electron chi connectivity index (χ4n) is 1.69. The van der Waals surface area contributed by atoms with Crippen molar-refractivity contribution in [1.29, 1.82) is 5.26 Å². The molecule has 0 aliphatic rings. The first kappa shape index (κ1) is 12.3. The Balaban J connectivity index is 2.28. The molecule has 18 heavy (non-hydrogen) atoms. The molecule has 0 aliphatic heterocycles. The second-order valence-electron chi connectivity index (χ2n) is 4.06. The molecule has 1 N–H and O–H groups in total. The number of nitriles is 1. The number of nitrogens with zero attached hydrogens (tertiary/aromatic N) is 2. The van der Waals surface area contributed by atoms with E-state index >= 15 is 0 Å². The molecule has 92 valence electrons. The molecule has 2 aromatic rings. The van der Waals surface area contributed by atoms with Crippen LogP contribution in [-0.2, 0) is 0 Å². The number of likely N-dealkylation sites (N-methyl/N-ethyl adjacent to an activating group) is 1. The molecule has 0 aliphatic carbocycles. The second-order valence-corrected chi connectivity index (χ2v) is 4.06. The second kappa shape index (κ2) is 5.48. The van der Waals surface area contributed by atoms with Crippen LogP contribution in [0.15, 0.2) is 30.3 Å². The van der Waals surface area contributed by atoms with Crippen LogP contribution in [0.25, 0.3) is 10.9 Å². The quantitative estimate of drug-likeness (QED) is 0.889. The van der Waals surface area contributed by atoms with Crippen molar-refractivity contribution in [1.82, 2.24) is 10.3 Å². The van der Waals surface area contributed by atoms with E-state index in [-0.39, 0.29) is 6.04 Å². The van der Waals surface area contributed by atoms with Gasteiger partial charge in [-0.25, -0.2) is 4.98 Å². The summed E-state index contributed by atoms with van der Waals surface area (Å²) < 4.78 is 5.67. The van der Waals surface area contributed by atoms with Crippen molar-refractivity contribution in [2.24, 2.45) is 0 Å². The average molecular weight is 241 g/mol. The van der Waals surface area contributed by atoms with Crippen LogP contribution in [0.3, 0.4) is 0 Å². The predicted octanol–water partition coefficient (Wildman–Crippen LogP) is 2.03. The number of ether oxygens (including phenoxy) is 1. The van der Waals surface area contributed by atoms with Gasteiger partial charge in [0, 0.05) is 11.1 Å². The first-order chi connectivity index (χ1) is 8.74. The van der Waals surface area contributed by atoms with Crippen molar-refractivity contribution in [2.45, 2.75) is 13.0 Å². The fourth-order valence-corrected chi connectivity index (χ4v) is 1.69. The molecule has 4 heteroatoms. The van der Waals surface area contributed by atoms with Crippen molar-refractivity contribution >= 4 is 10.9 Å². The van der Waals surface area contributed by atoms with Crippen LogP contribution in [0.5, 0.6) is 5.75 Å². The number of hydrogen-bond donors (Lipinski definition) is 1. The summed E-state index contributed by atoms with van der Waals surface area (Å²) in [5.74, 6) is 0.715. The Morgan fingerprint density at radius 3 is 2.94 bits per heavy atom. The van der Waals surface area contributed by atoms with Gasteiger partial charge in [-0.3, -0.25) is 0 Å². The molecular weight excluding hydrogens is 226 g/mol. The van der Waals surface area contributed by atoms with Gasteiger partial charge in [-0.1, -0.05) is 18.2 Å². The number of hydrogen-bond acceptors (Lipinski definition) is 4. The highest BCUT2D eigenvalue weighted by atomic mass is 16.5. The zero-order valence-corrected chi connectivity index (χ0v) is 10.5. The minimum absolute atomic E-state index is 0.307. The highest BCUT2D eigenvalue weighted by Crippen LogP contribution is 2.23. The molecule has 0 amide bonds. The van der Waals surface area contributed by atoms with Crippen LogP contribution in [0.2, 0.25) is 0 Å². The summed E-state index contributed by atoms with van der Waals surface area (Å²) in [4.78, 5) is 4.48. The molecule has 1 aromatic carbocycles. The zero-order valence-electron chi connectivity index (χ0n) is 10.5. The Bertz CT molecular complexity index is 589. The Morgan fingerprint density at radius 1 is 1.39 bits per heavy atom. The molecule has 0 fully saturated rings. The van der Waals surface area contributed by atoms with E-state index in [2.05, 4.69) is 16.4 Å². The summed E-state index contributed by atoms with van der Waals surface area (Å²) in [6, 6.07) is 11.6. The first-order valence-electron chi connectivity index (χ1n) is 5.80. The van der Waals surface area contributed by atoms with Crippen LogP contribution >= 0.6 is 0 Å². The topological polar surface area (TPSA) is 57.9 Å². The van der Waals surface area contributed by atoms with Crippen LogP contribution in [0, 0.1) is 18.3 Å². The van der Waals surface area contributed by atoms with Crippen molar-refractivity contribution in [3.8, 4) is 11.8 Å². The lowest BCUT2D eigenvalue weighted by Crippen LogP contribution is -2.29. The number of aryl methyl sites for hydroxylation is 1. The van der Waals surface area contributed by atoms with Gasteiger partial charge < -0.3 is 10.1 Å². The SMILES string of the molecule is CNC(C#N)COc1cccc2ccc(C)nc12. The fraction of sp³-hybridized carbons (Fsp3) is 0.286.